The van der Waals surface area contributed by atoms with Crippen LogP contribution in [0.15, 0.2) is 23.0 Å². The summed E-state index contributed by atoms with van der Waals surface area (Å²) in [6.45, 7) is 1.90. The SMILES string of the molecule is COc1cc([C@@H]2CC(=O)Oc3cc(C)n(C)c(=O)c32)cc2c1OCO2. The van der Waals surface area contributed by atoms with Crippen molar-refractivity contribution in [3.05, 3.63) is 45.4 Å². The highest BCUT2D eigenvalue weighted by Crippen LogP contribution is 2.46. The van der Waals surface area contributed by atoms with Gasteiger partial charge in [0.15, 0.2) is 11.5 Å². The summed E-state index contributed by atoms with van der Waals surface area (Å²) in [5.41, 5.74) is 1.76. The molecular weight excluding hydrogens is 326 g/mol. The number of pyridine rings is 1. The molecule has 4 rings (SSSR count). The topological polar surface area (TPSA) is 76.0 Å². The van der Waals surface area contributed by atoms with E-state index >= 15 is 0 Å². The van der Waals surface area contributed by atoms with Crippen molar-refractivity contribution in [3.63, 3.8) is 0 Å². The summed E-state index contributed by atoms with van der Waals surface area (Å²) in [5, 5.41) is 0. The lowest BCUT2D eigenvalue weighted by molar-refractivity contribution is -0.135. The van der Waals surface area contributed by atoms with E-state index in [4.69, 9.17) is 18.9 Å². The monoisotopic (exact) mass is 343 g/mol. The molecule has 1 atom stereocenters. The van der Waals surface area contributed by atoms with Crippen LogP contribution in [0.3, 0.4) is 0 Å². The molecule has 0 saturated heterocycles. The zero-order valence-electron chi connectivity index (χ0n) is 14.1. The van der Waals surface area contributed by atoms with E-state index in [-0.39, 0.29) is 24.7 Å². The number of carbonyl (C=O) groups is 1. The first-order chi connectivity index (χ1) is 12.0. The van der Waals surface area contributed by atoms with E-state index in [1.165, 1.54) is 7.11 Å². The third-order valence-electron chi connectivity index (χ3n) is 4.70. The van der Waals surface area contributed by atoms with Crippen molar-refractivity contribution in [2.75, 3.05) is 13.9 Å². The molecule has 0 amide bonds. The molecule has 130 valence electrons. The van der Waals surface area contributed by atoms with Crippen LogP contribution in [0.1, 0.15) is 29.2 Å². The number of ether oxygens (including phenoxy) is 4. The Kier molecular flexibility index (Phi) is 3.45. The van der Waals surface area contributed by atoms with E-state index in [0.29, 0.717) is 28.6 Å². The number of carbonyl (C=O) groups excluding carboxylic acids is 1. The van der Waals surface area contributed by atoms with Gasteiger partial charge in [-0.25, -0.2) is 0 Å². The van der Waals surface area contributed by atoms with Crippen LogP contribution in [-0.2, 0) is 11.8 Å². The predicted molar refractivity (Wildman–Crippen MR) is 87.6 cm³/mol. The van der Waals surface area contributed by atoms with Gasteiger partial charge in [-0.1, -0.05) is 0 Å². The lowest BCUT2D eigenvalue weighted by atomic mass is 9.86. The summed E-state index contributed by atoms with van der Waals surface area (Å²) in [5.74, 6) is 1.09. The van der Waals surface area contributed by atoms with Gasteiger partial charge in [0.05, 0.1) is 19.1 Å². The number of fused-ring (bicyclic) bond motifs is 2. The highest BCUT2D eigenvalue weighted by atomic mass is 16.7. The number of hydrogen-bond donors (Lipinski definition) is 0. The number of nitrogens with zero attached hydrogens (tertiary/aromatic N) is 1. The van der Waals surface area contributed by atoms with Crippen LogP contribution in [0.2, 0.25) is 0 Å². The molecule has 0 unspecified atom stereocenters. The Morgan fingerprint density at radius 2 is 1.96 bits per heavy atom. The Hall–Kier alpha value is -2.96. The average Bonchev–Trinajstić information content (AvgIpc) is 3.06. The minimum atomic E-state index is -0.432. The van der Waals surface area contributed by atoms with Gasteiger partial charge in [-0.3, -0.25) is 9.59 Å². The maximum absolute atomic E-state index is 12.8. The van der Waals surface area contributed by atoms with Crippen molar-refractivity contribution in [1.29, 1.82) is 0 Å². The van der Waals surface area contributed by atoms with Gasteiger partial charge in [0.1, 0.15) is 5.75 Å². The van der Waals surface area contributed by atoms with E-state index < -0.39 is 5.92 Å². The summed E-state index contributed by atoms with van der Waals surface area (Å²) < 4.78 is 23.1. The highest BCUT2D eigenvalue weighted by molar-refractivity contribution is 5.78. The van der Waals surface area contributed by atoms with Crippen molar-refractivity contribution in [3.8, 4) is 23.0 Å². The molecule has 0 bridgehead atoms. The Bertz CT molecular complexity index is 946. The summed E-state index contributed by atoms with van der Waals surface area (Å²) in [6.07, 6.45) is 0.0775. The molecule has 2 aliphatic heterocycles. The third-order valence-corrected chi connectivity index (χ3v) is 4.70. The van der Waals surface area contributed by atoms with Crippen molar-refractivity contribution in [2.24, 2.45) is 7.05 Å². The Morgan fingerprint density at radius 1 is 1.16 bits per heavy atom. The maximum atomic E-state index is 12.8. The van der Waals surface area contributed by atoms with E-state index in [9.17, 15) is 9.59 Å². The fourth-order valence-corrected chi connectivity index (χ4v) is 3.28. The van der Waals surface area contributed by atoms with E-state index in [1.54, 1.807) is 36.7 Å². The Balaban J connectivity index is 1.92. The standard InChI is InChI=1S/C18H17NO6/c1-9-4-12-16(18(21)19(9)2)11(7-15(20)25-12)10-5-13(22-3)17-14(6-10)23-8-24-17/h4-6,11H,7-8H2,1-3H3/t11-/m0/s1. The molecule has 2 aliphatic rings. The second-order valence-electron chi connectivity index (χ2n) is 6.12. The molecule has 7 heteroatoms. The first-order valence-electron chi connectivity index (χ1n) is 7.88. The number of aromatic nitrogens is 1. The first-order valence-corrected chi connectivity index (χ1v) is 7.88. The van der Waals surface area contributed by atoms with E-state index in [0.717, 1.165) is 11.3 Å². The number of rotatable bonds is 2. The molecule has 7 nitrogen and oxygen atoms in total. The number of esters is 1. The maximum Gasteiger partial charge on any atom is 0.312 e. The molecule has 3 heterocycles. The average molecular weight is 343 g/mol. The molecule has 0 radical (unpaired) electrons. The van der Waals surface area contributed by atoms with Gasteiger partial charge in [-0.05, 0) is 24.6 Å². The molecule has 25 heavy (non-hydrogen) atoms. The van der Waals surface area contributed by atoms with Crippen LogP contribution in [0, 0.1) is 6.92 Å². The van der Waals surface area contributed by atoms with Gasteiger partial charge in [-0.15, -0.1) is 0 Å². The number of hydrogen-bond acceptors (Lipinski definition) is 6. The highest BCUT2D eigenvalue weighted by Gasteiger charge is 2.34. The molecule has 0 N–H and O–H groups in total. The van der Waals surface area contributed by atoms with Crippen molar-refractivity contribution in [1.82, 2.24) is 4.57 Å². The van der Waals surface area contributed by atoms with Gasteiger partial charge in [0, 0.05) is 24.7 Å². The second kappa shape index (κ2) is 5.54. The molecule has 1 aromatic heterocycles. The van der Waals surface area contributed by atoms with Crippen LogP contribution in [-0.4, -0.2) is 24.4 Å². The molecule has 0 aliphatic carbocycles. The van der Waals surface area contributed by atoms with Crippen molar-refractivity contribution in [2.45, 2.75) is 19.3 Å². The van der Waals surface area contributed by atoms with Gasteiger partial charge in [0.2, 0.25) is 12.5 Å². The Labute approximate surface area is 143 Å². The normalized spacial score (nSPS) is 17.9. The fourth-order valence-electron chi connectivity index (χ4n) is 3.28. The minimum absolute atomic E-state index is 0.0775. The molecule has 2 aromatic rings. The fraction of sp³-hybridized carbons (Fsp3) is 0.333. The van der Waals surface area contributed by atoms with Crippen LogP contribution in [0.5, 0.6) is 23.0 Å². The lowest BCUT2D eigenvalue weighted by Gasteiger charge is -2.25. The number of benzene rings is 1. The molecule has 0 spiro atoms. The predicted octanol–water partition coefficient (Wildman–Crippen LogP) is 1.87. The van der Waals surface area contributed by atoms with Gasteiger partial charge >= 0.3 is 5.97 Å². The summed E-state index contributed by atoms with van der Waals surface area (Å²) in [4.78, 5) is 24.9. The molecule has 1 aromatic carbocycles. The summed E-state index contributed by atoms with van der Waals surface area (Å²) >= 11 is 0. The van der Waals surface area contributed by atoms with Gasteiger partial charge in [0.25, 0.3) is 5.56 Å². The number of aryl methyl sites for hydroxylation is 1. The largest absolute Gasteiger partial charge is 0.493 e. The van der Waals surface area contributed by atoms with Crippen LogP contribution in [0.4, 0.5) is 0 Å². The van der Waals surface area contributed by atoms with Crippen LogP contribution < -0.4 is 24.5 Å². The zero-order valence-corrected chi connectivity index (χ0v) is 14.1. The lowest BCUT2D eigenvalue weighted by Crippen LogP contribution is -2.32. The van der Waals surface area contributed by atoms with Gasteiger partial charge in [-0.2, -0.15) is 0 Å². The first kappa shape index (κ1) is 15.6. The third kappa shape index (κ3) is 2.34. The van der Waals surface area contributed by atoms with E-state index in [2.05, 4.69) is 0 Å². The minimum Gasteiger partial charge on any atom is -0.493 e. The quantitative estimate of drug-likeness (QED) is 0.775. The summed E-state index contributed by atoms with van der Waals surface area (Å²) in [6, 6.07) is 5.28. The van der Waals surface area contributed by atoms with Crippen LogP contribution >= 0.6 is 0 Å². The molecule has 0 saturated carbocycles. The molecular formula is C18H17NO6. The second-order valence-corrected chi connectivity index (χ2v) is 6.12. The van der Waals surface area contributed by atoms with Crippen LogP contribution in [0.25, 0.3) is 0 Å². The van der Waals surface area contributed by atoms with E-state index in [1.807, 2.05) is 0 Å². The van der Waals surface area contributed by atoms with Crippen molar-refractivity contribution < 1.29 is 23.7 Å². The van der Waals surface area contributed by atoms with Crippen molar-refractivity contribution >= 4 is 5.97 Å². The molecule has 0 fully saturated rings. The number of methoxy groups -OCH3 is 1. The Morgan fingerprint density at radius 3 is 2.72 bits per heavy atom. The smallest absolute Gasteiger partial charge is 0.312 e. The zero-order chi connectivity index (χ0) is 17.7. The summed E-state index contributed by atoms with van der Waals surface area (Å²) in [7, 11) is 3.23. The van der Waals surface area contributed by atoms with Gasteiger partial charge < -0.3 is 23.5 Å².